The maximum Gasteiger partial charge on any atom is 0.373 e. The molecule has 1 atom stereocenters. The predicted molar refractivity (Wildman–Crippen MR) is 182 cm³/mol. The number of anilines is 1. The lowest BCUT2D eigenvalue weighted by Gasteiger charge is -2.21. The van der Waals surface area contributed by atoms with E-state index in [1.54, 1.807) is 6.08 Å². The molecule has 5 N–H and O–H groups in total. The summed E-state index contributed by atoms with van der Waals surface area (Å²) in [4.78, 5) is 42.7. The number of quaternary nitrogens is 1. The summed E-state index contributed by atoms with van der Waals surface area (Å²) in [6.07, 6.45) is 3.12. The number of halogens is 1. The maximum absolute atomic E-state index is 13.3. The van der Waals surface area contributed by atoms with Crippen LogP contribution in [0.15, 0.2) is 110 Å². The Balaban J connectivity index is 0.00000151. The van der Waals surface area contributed by atoms with E-state index in [0.29, 0.717) is 43.2 Å². The molecular weight excluding hydrogens is 630 g/mol. The Morgan fingerprint density at radius 1 is 0.854 bits per heavy atom. The van der Waals surface area contributed by atoms with E-state index in [1.807, 2.05) is 91.9 Å². The first kappa shape index (κ1) is 37.0. The molecule has 0 saturated heterocycles. The third-order valence-corrected chi connectivity index (χ3v) is 7.43. The van der Waals surface area contributed by atoms with E-state index in [2.05, 4.69) is 35.1 Å². The Bertz CT molecular complexity index is 1910. The van der Waals surface area contributed by atoms with Gasteiger partial charge in [0.25, 0.3) is 5.91 Å². The fourth-order valence-electron chi connectivity index (χ4n) is 5.36. The van der Waals surface area contributed by atoms with Crippen LogP contribution in [-0.4, -0.2) is 43.8 Å². The predicted octanol–water partition coefficient (Wildman–Crippen LogP) is 2.48. The highest BCUT2D eigenvalue weighted by molar-refractivity contribution is 6.10. The van der Waals surface area contributed by atoms with Gasteiger partial charge in [0.15, 0.2) is 6.61 Å². The van der Waals surface area contributed by atoms with Gasteiger partial charge in [0.05, 0.1) is 6.54 Å². The van der Waals surface area contributed by atoms with Crippen molar-refractivity contribution in [3.05, 3.63) is 115 Å². The molecular formula is C38H38ClN3O6. The highest BCUT2D eigenvalue weighted by atomic mass is 35.5. The van der Waals surface area contributed by atoms with Crippen molar-refractivity contribution in [1.29, 1.82) is 0 Å². The molecule has 5 aromatic rings. The molecule has 0 aliphatic rings. The van der Waals surface area contributed by atoms with E-state index in [-0.39, 0.29) is 31.1 Å². The highest BCUT2D eigenvalue weighted by Gasteiger charge is 2.23. The lowest BCUT2D eigenvalue weighted by atomic mass is 9.92. The van der Waals surface area contributed by atoms with Crippen LogP contribution < -0.4 is 38.2 Å². The van der Waals surface area contributed by atoms with E-state index in [9.17, 15) is 9.59 Å². The Morgan fingerprint density at radius 2 is 1.44 bits per heavy atom. The number of rotatable bonds is 13. The van der Waals surface area contributed by atoms with Crippen LogP contribution in [0.25, 0.3) is 32.7 Å². The second-order valence-corrected chi connectivity index (χ2v) is 10.8. The lowest BCUT2D eigenvalue weighted by Crippen LogP contribution is -3.00. The van der Waals surface area contributed by atoms with Gasteiger partial charge in [-0.2, -0.15) is 9.59 Å². The van der Waals surface area contributed by atoms with Gasteiger partial charge in [-0.05, 0) is 71.1 Å². The topological polar surface area (TPSA) is 138 Å². The molecule has 48 heavy (non-hydrogen) atoms. The Kier molecular flexibility index (Phi) is 14.3. The number of carbonyl (C=O) groups excluding carboxylic acids is 4. The highest BCUT2D eigenvalue weighted by Crippen LogP contribution is 2.45. The van der Waals surface area contributed by atoms with Crippen molar-refractivity contribution in [3.63, 3.8) is 0 Å². The number of ether oxygens (including phenoxy) is 2. The molecule has 10 heteroatoms. The van der Waals surface area contributed by atoms with Crippen molar-refractivity contribution >= 4 is 45.2 Å². The molecule has 0 aliphatic heterocycles. The molecule has 0 fully saturated rings. The van der Waals surface area contributed by atoms with Gasteiger partial charge in [-0.1, -0.05) is 85.5 Å². The molecule has 248 valence electrons. The number of hydrogen-bond acceptors (Lipinski definition) is 6. The summed E-state index contributed by atoms with van der Waals surface area (Å²) in [5.41, 5.74) is 7.32. The largest absolute Gasteiger partial charge is 1.00 e. The molecule has 0 bridgehead atoms. The first-order chi connectivity index (χ1) is 22.9. The van der Waals surface area contributed by atoms with Gasteiger partial charge in [-0.15, -0.1) is 0 Å². The number of amides is 2. The number of fused-ring (bicyclic) bond motifs is 2. The van der Waals surface area contributed by atoms with Gasteiger partial charge in [-0.25, -0.2) is 0 Å². The maximum atomic E-state index is 13.3. The van der Waals surface area contributed by atoms with E-state index < -0.39 is 11.9 Å². The molecule has 9 nitrogen and oxygen atoms in total. The van der Waals surface area contributed by atoms with Crippen LogP contribution >= 0.6 is 0 Å². The van der Waals surface area contributed by atoms with Gasteiger partial charge in [-0.3, -0.25) is 9.59 Å². The molecule has 0 radical (unpaired) electrons. The summed E-state index contributed by atoms with van der Waals surface area (Å²) in [6, 6.07) is 30.9. The summed E-state index contributed by atoms with van der Waals surface area (Å²) < 4.78 is 12.4. The van der Waals surface area contributed by atoms with Crippen molar-refractivity contribution in [2.45, 2.75) is 25.8 Å². The molecule has 0 heterocycles. The molecule has 5 rings (SSSR count). The van der Waals surface area contributed by atoms with Crippen LogP contribution in [0.2, 0.25) is 0 Å². The normalized spacial score (nSPS) is 10.8. The Morgan fingerprint density at radius 3 is 2.00 bits per heavy atom. The standard InChI is InChI=1S/C37H37N3O4.CO2.ClH/c1-3-22-43-32-19-17-26-11-4-6-14-29(26)35(32)36-30-15-7-5-12-27(30)18-20-33(36)44-24-34(41)40-31(16-9-21-38)37(42)39-28-13-8-10-25(2)23-28;2-1-3;/h3-8,10-15,17-20,23,31H,1,9,16,21-22,24,38H2,2H3,(H,39,42)(H,40,41);;1H/t31-;;/m1../s1. The van der Waals surface area contributed by atoms with Crippen molar-refractivity contribution in [3.8, 4) is 22.6 Å². The summed E-state index contributed by atoms with van der Waals surface area (Å²) in [6.45, 7) is 6.50. The SMILES string of the molecule is C=CCOc1ccc2ccccc2c1-c1c(OCC(=O)N[C@H](CCC[NH3+])C(=O)Nc2cccc(C)c2)ccc2ccccc12.O=C=O.[Cl-]. The zero-order valence-electron chi connectivity index (χ0n) is 26.7. The zero-order valence-corrected chi connectivity index (χ0v) is 27.4. The first-order valence-electron chi connectivity index (χ1n) is 15.3. The van der Waals surface area contributed by atoms with Crippen molar-refractivity contribution < 1.29 is 46.8 Å². The number of aryl methyl sites for hydroxylation is 1. The van der Waals surface area contributed by atoms with Gasteiger partial charge in [0, 0.05) is 16.8 Å². The fraction of sp³-hybridized carbons (Fsp3) is 0.184. The van der Waals surface area contributed by atoms with E-state index in [0.717, 1.165) is 38.2 Å². The number of benzene rings is 5. The van der Waals surface area contributed by atoms with Gasteiger partial charge < -0.3 is 38.2 Å². The van der Waals surface area contributed by atoms with Crippen LogP contribution in [0.4, 0.5) is 5.69 Å². The zero-order chi connectivity index (χ0) is 33.6. The minimum absolute atomic E-state index is 0. The number of carbonyl (C=O) groups is 2. The molecule has 0 saturated carbocycles. The summed E-state index contributed by atoms with van der Waals surface area (Å²) in [5.74, 6) is 0.565. The quantitative estimate of drug-likeness (QED) is 0.165. The van der Waals surface area contributed by atoms with Crippen molar-refractivity contribution in [1.82, 2.24) is 5.32 Å². The van der Waals surface area contributed by atoms with Crippen LogP contribution in [0.1, 0.15) is 18.4 Å². The van der Waals surface area contributed by atoms with Crippen molar-refractivity contribution in [2.75, 3.05) is 25.1 Å². The van der Waals surface area contributed by atoms with Crippen LogP contribution in [0.5, 0.6) is 11.5 Å². The first-order valence-corrected chi connectivity index (χ1v) is 15.3. The minimum Gasteiger partial charge on any atom is -1.00 e. The monoisotopic (exact) mass is 667 g/mol. The van der Waals surface area contributed by atoms with Gasteiger partial charge >= 0.3 is 6.15 Å². The lowest BCUT2D eigenvalue weighted by molar-refractivity contribution is -0.368. The molecule has 0 unspecified atom stereocenters. The van der Waals surface area contributed by atoms with Crippen molar-refractivity contribution in [2.24, 2.45) is 0 Å². The second-order valence-electron chi connectivity index (χ2n) is 10.8. The third-order valence-electron chi connectivity index (χ3n) is 7.43. The molecule has 0 spiro atoms. The van der Waals surface area contributed by atoms with Gasteiger partial charge in [0.1, 0.15) is 24.1 Å². The van der Waals surface area contributed by atoms with Crippen LogP contribution in [0, 0.1) is 6.92 Å². The van der Waals surface area contributed by atoms with Crippen LogP contribution in [0.3, 0.4) is 0 Å². The molecule has 0 aliphatic carbocycles. The van der Waals surface area contributed by atoms with E-state index in [4.69, 9.17) is 19.1 Å². The number of nitrogens with one attached hydrogen (secondary N) is 2. The smallest absolute Gasteiger partial charge is 0.373 e. The molecule has 5 aromatic carbocycles. The number of hydrogen-bond donors (Lipinski definition) is 3. The Labute approximate surface area is 285 Å². The average Bonchev–Trinajstić information content (AvgIpc) is 3.08. The summed E-state index contributed by atoms with van der Waals surface area (Å²) >= 11 is 0. The fourth-order valence-corrected chi connectivity index (χ4v) is 5.36. The van der Waals surface area contributed by atoms with E-state index in [1.165, 1.54) is 0 Å². The summed E-state index contributed by atoms with van der Waals surface area (Å²) in [5, 5.41) is 9.86. The average molecular weight is 668 g/mol. The molecule has 2 amide bonds. The second kappa shape index (κ2) is 18.6. The Hall–Kier alpha value is -5.47. The van der Waals surface area contributed by atoms with Gasteiger partial charge in [0.2, 0.25) is 5.91 Å². The molecule has 0 aromatic heterocycles. The van der Waals surface area contributed by atoms with E-state index >= 15 is 0 Å². The summed E-state index contributed by atoms with van der Waals surface area (Å²) in [7, 11) is 0. The third kappa shape index (κ3) is 9.53. The van der Waals surface area contributed by atoms with Crippen LogP contribution in [-0.2, 0) is 19.2 Å². The minimum atomic E-state index is -0.721.